The average molecular weight is 1360 g/mol. The minimum Gasteiger partial charge on any atom is -0.457 e. The Morgan fingerprint density at radius 3 is 1.24 bits per heavy atom. The number of hydrogen-bond acceptors (Lipinski definition) is 8. The summed E-state index contributed by atoms with van der Waals surface area (Å²) in [6, 6.07) is 129. The van der Waals surface area contributed by atoms with Crippen LogP contribution in [0.2, 0.25) is 0 Å². The van der Waals surface area contributed by atoms with E-state index in [0.717, 1.165) is 140 Å². The molecule has 0 saturated heterocycles. The molecule has 2 spiro atoms. The van der Waals surface area contributed by atoms with Crippen molar-refractivity contribution in [3.05, 3.63) is 425 Å². The standard InChI is InChI=1S/C98H62N6O2/c1-4-28-61(29-5-1)68-36-10-13-41-74(68)95-101-92(63-32-8-3-9-33-63)102-96(104-95)76-43-15-12-38-70(76)66-55-57-89-85(60-66)98(82-50-23-25-53-87(82)106-89)80-48-21-18-44-77(80)90-71(45-27-51-83(90)98)64-34-26-35-67(58-64)93-99-91(62-30-6-2-7-31-62)100-94(103-93)75-42-14-11-37-69(75)65-54-56-88-84(59-65)97(81-49-22-24-52-86(81)105-88)78-46-19-16-39-72(78)73-40-17-20-47-79(73)97/h1-60,94H,(H,99,100,103). The highest BCUT2D eigenvalue weighted by Crippen LogP contribution is 2.65. The lowest BCUT2D eigenvalue weighted by atomic mass is 9.65. The Balaban J connectivity index is 0.682. The predicted molar refractivity (Wildman–Crippen MR) is 424 cm³/mol. The minimum absolute atomic E-state index is 0.528. The molecule has 16 aromatic rings. The molecule has 2 atom stereocenters. The van der Waals surface area contributed by atoms with E-state index < -0.39 is 17.0 Å². The third-order valence-corrected chi connectivity index (χ3v) is 22.0. The predicted octanol–water partition coefficient (Wildman–Crippen LogP) is 23.0. The van der Waals surface area contributed by atoms with Crippen LogP contribution in [0.3, 0.4) is 0 Å². The van der Waals surface area contributed by atoms with E-state index >= 15 is 0 Å². The van der Waals surface area contributed by atoms with Crippen molar-refractivity contribution >= 4 is 11.7 Å². The molecule has 5 aliphatic rings. The molecule has 0 bridgehead atoms. The van der Waals surface area contributed by atoms with Crippen LogP contribution in [0.25, 0.3) is 101 Å². The van der Waals surface area contributed by atoms with Crippen LogP contribution in [0, 0.1) is 0 Å². The van der Waals surface area contributed by atoms with Gasteiger partial charge in [0, 0.05) is 55.6 Å². The molecule has 3 aliphatic heterocycles. The highest BCUT2D eigenvalue weighted by molar-refractivity contribution is 6.14. The molecular formula is C98H62N6O2. The Bertz CT molecular complexity index is 6300. The number of amidine groups is 2. The maximum Gasteiger partial charge on any atom is 0.164 e. The summed E-state index contributed by atoms with van der Waals surface area (Å²) in [7, 11) is 0. The molecule has 15 aromatic carbocycles. The fraction of sp³-hybridized carbons (Fsp3) is 0.0306. The van der Waals surface area contributed by atoms with Crippen molar-refractivity contribution in [1.82, 2.24) is 20.3 Å². The van der Waals surface area contributed by atoms with E-state index in [1.54, 1.807) is 0 Å². The number of fused-ring (bicyclic) bond motifs is 18. The largest absolute Gasteiger partial charge is 0.457 e. The molecule has 0 amide bonds. The van der Waals surface area contributed by atoms with E-state index in [9.17, 15) is 0 Å². The van der Waals surface area contributed by atoms with E-state index in [4.69, 9.17) is 34.4 Å². The molecule has 0 fully saturated rings. The van der Waals surface area contributed by atoms with Gasteiger partial charge in [-0.3, -0.25) is 0 Å². The summed E-state index contributed by atoms with van der Waals surface area (Å²) in [5.41, 5.74) is 26.4. The molecule has 21 rings (SSSR count). The second-order valence-corrected chi connectivity index (χ2v) is 27.6. The van der Waals surface area contributed by atoms with Gasteiger partial charge in [-0.25, -0.2) is 24.9 Å². The van der Waals surface area contributed by atoms with Gasteiger partial charge < -0.3 is 14.8 Å². The molecule has 4 heterocycles. The van der Waals surface area contributed by atoms with Gasteiger partial charge in [0.25, 0.3) is 0 Å². The van der Waals surface area contributed by atoms with Gasteiger partial charge in [0.15, 0.2) is 23.3 Å². The van der Waals surface area contributed by atoms with Gasteiger partial charge in [-0.2, -0.15) is 0 Å². The fourth-order valence-corrected chi connectivity index (χ4v) is 17.5. The van der Waals surface area contributed by atoms with E-state index in [2.05, 4.69) is 339 Å². The van der Waals surface area contributed by atoms with Gasteiger partial charge in [-0.15, -0.1) is 0 Å². The number of ether oxygens (including phenoxy) is 2. The fourth-order valence-electron chi connectivity index (χ4n) is 17.5. The van der Waals surface area contributed by atoms with Crippen molar-refractivity contribution in [2.75, 3.05) is 0 Å². The molecule has 8 nitrogen and oxygen atoms in total. The van der Waals surface area contributed by atoms with E-state index in [-0.39, 0.29) is 0 Å². The van der Waals surface area contributed by atoms with Crippen molar-refractivity contribution in [3.8, 4) is 124 Å². The van der Waals surface area contributed by atoms with Gasteiger partial charge >= 0.3 is 0 Å². The zero-order valence-electron chi connectivity index (χ0n) is 57.3. The summed E-state index contributed by atoms with van der Waals surface area (Å²) < 4.78 is 14.0. The summed E-state index contributed by atoms with van der Waals surface area (Å²) in [5, 5.41) is 3.94. The van der Waals surface area contributed by atoms with Crippen LogP contribution >= 0.6 is 0 Å². The van der Waals surface area contributed by atoms with Crippen LogP contribution in [0.1, 0.15) is 67.4 Å². The summed E-state index contributed by atoms with van der Waals surface area (Å²) in [5.74, 6) is 6.42. The van der Waals surface area contributed by atoms with Crippen molar-refractivity contribution in [2.45, 2.75) is 17.0 Å². The molecule has 106 heavy (non-hydrogen) atoms. The number of para-hydroxylation sites is 2. The number of rotatable bonds is 10. The zero-order valence-corrected chi connectivity index (χ0v) is 57.3. The topological polar surface area (TPSA) is 93.9 Å². The Morgan fingerprint density at radius 2 is 0.632 bits per heavy atom. The Labute approximate surface area is 613 Å². The van der Waals surface area contributed by atoms with E-state index in [0.29, 0.717) is 23.3 Å². The number of aromatic nitrogens is 3. The number of benzene rings is 15. The van der Waals surface area contributed by atoms with Crippen LogP contribution in [0.4, 0.5) is 0 Å². The second kappa shape index (κ2) is 24.4. The van der Waals surface area contributed by atoms with Crippen LogP contribution in [-0.2, 0) is 10.8 Å². The highest BCUT2D eigenvalue weighted by Gasteiger charge is 2.53. The van der Waals surface area contributed by atoms with Gasteiger partial charge in [0.2, 0.25) is 0 Å². The average Bonchev–Trinajstić information content (AvgIpc) is 1.51. The quantitative estimate of drug-likeness (QED) is 0.147. The van der Waals surface area contributed by atoms with Gasteiger partial charge in [0.05, 0.1) is 10.8 Å². The monoisotopic (exact) mass is 1350 g/mol. The number of nitrogens with one attached hydrogen (secondary N) is 1. The summed E-state index contributed by atoms with van der Waals surface area (Å²) in [6.45, 7) is 0. The van der Waals surface area contributed by atoms with Crippen molar-refractivity contribution in [2.24, 2.45) is 9.98 Å². The second-order valence-electron chi connectivity index (χ2n) is 27.6. The lowest BCUT2D eigenvalue weighted by Gasteiger charge is -2.39. The van der Waals surface area contributed by atoms with Crippen molar-refractivity contribution in [3.63, 3.8) is 0 Å². The van der Waals surface area contributed by atoms with E-state index in [1.165, 1.54) is 33.4 Å². The summed E-state index contributed by atoms with van der Waals surface area (Å²) in [4.78, 5) is 27.0. The van der Waals surface area contributed by atoms with Crippen LogP contribution in [0.15, 0.2) is 374 Å². The minimum atomic E-state index is -0.810. The van der Waals surface area contributed by atoms with Gasteiger partial charge in [0.1, 0.15) is 35.0 Å². The number of nitrogens with zero attached hydrogens (tertiary/aromatic N) is 5. The molecule has 496 valence electrons. The smallest absolute Gasteiger partial charge is 0.164 e. The van der Waals surface area contributed by atoms with Gasteiger partial charge in [-0.1, -0.05) is 322 Å². The van der Waals surface area contributed by atoms with Crippen LogP contribution in [0.5, 0.6) is 23.0 Å². The molecular weight excluding hydrogens is 1290 g/mol. The van der Waals surface area contributed by atoms with E-state index in [1.807, 2.05) is 30.3 Å². The first-order valence-electron chi connectivity index (χ1n) is 36.1. The first-order valence-corrected chi connectivity index (χ1v) is 36.1. The van der Waals surface area contributed by atoms with Crippen molar-refractivity contribution in [1.29, 1.82) is 0 Å². The molecule has 0 saturated carbocycles. The Morgan fingerprint density at radius 1 is 0.245 bits per heavy atom. The maximum absolute atomic E-state index is 7.10. The first-order chi connectivity index (χ1) is 52.5. The Kier molecular flexibility index (Phi) is 14.0. The molecule has 2 unspecified atom stereocenters. The van der Waals surface area contributed by atoms with Crippen molar-refractivity contribution < 1.29 is 9.47 Å². The summed E-state index contributed by atoms with van der Waals surface area (Å²) in [6.07, 6.45) is -0.528. The van der Waals surface area contributed by atoms with Gasteiger partial charge in [-0.05, 0) is 131 Å². The Hall–Kier alpha value is -14.0. The zero-order chi connectivity index (χ0) is 69.9. The lowest BCUT2D eigenvalue weighted by Crippen LogP contribution is -2.34. The first kappa shape index (κ1) is 60.8. The number of hydrogen-bond donors (Lipinski definition) is 1. The van der Waals surface area contributed by atoms with Crippen LogP contribution in [-0.4, -0.2) is 26.6 Å². The molecule has 2 aliphatic carbocycles. The van der Waals surface area contributed by atoms with Crippen LogP contribution < -0.4 is 14.8 Å². The summed E-state index contributed by atoms with van der Waals surface area (Å²) >= 11 is 0. The lowest BCUT2D eigenvalue weighted by molar-refractivity contribution is 0.436. The number of aliphatic imine (C=N–C) groups is 2. The molecule has 1 N–H and O–H groups in total. The molecule has 1 aromatic heterocycles. The third-order valence-electron chi connectivity index (χ3n) is 22.0. The maximum atomic E-state index is 7.10. The SMILES string of the molecule is c1ccc(C2=NC(c3ccccc3-c3ccc4c(c3)C3(c5ccccc5O4)c4ccccc4-c4ccccc43)NC(c3cccc(-c4cccc5c4-c4ccccc4C54c5ccccc5Oc5ccc(-c6ccccc6-c6nc(-c7ccccc7)nc(-c7ccccc7-c7ccccc7)n6)cc54)c3)=N2)cc1. The molecule has 0 radical (unpaired) electrons. The molecule has 8 heteroatoms. The normalized spacial score (nSPS) is 15.5. The highest BCUT2D eigenvalue weighted by atomic mass is 16.5. The third kappa shape index (κ3) is 9.37.